The van der Waals surface area contributed by atoms with Crippen LogP contribution in [0.2, 0.25) is 0 Å². The highest BCUT2D eigenvalue weighted by atomic mass is 16.6. The molecule has 0 spiro atoms. The van der Waals surface area contributed by atoms with Gasteiger partial charge < -0.3 is 9.47 Å². The van der Waals surface area contributed by atoms with Gasteiger partial charge in [-0.05, 0) is 11.1 Å². The van der Waals surface area contributed by atoms with Crippen LogP contribution in [0.15, 0.2) is 10.2 Å². The first-order valence-corrected chi connectivity index (χ1v) is 5.33. The smallest absolute Gasteiger partial charge is 0.311 e. The van der Waals surface area contributed by atoms with Crippen molar-refractivity contribution >= 4 is 11.9 Å². The van der Waals surface area contributed by atoms with Crippen LogP contribution in [0.4, 0.5) is 0 Å². The van der Waals surface area contributed by atoms with Crippen LogP contribution in [0.1, 0.15) is 6.92 Å². The Bertz CT molecular complexity index is 471. The maximum Gasteiger partial charge on any atom is 0.311 e. The predicted molar refractivity (Wildman–Crippen MR) is 65.3 cm³/mol. The van der Waals surface area contributed by atoms with Crippen LogP contribution in [-0.2, 0) is 19.1 Å². The molecule has 0 aromatic heterocycles. The summed E-state index contributed by atoms with van der Waals surface area (Å²) in [5.74, 6) is -1.91. The van der Waals surface area contributed by atoms with Crippen molar-refractivity contribution < 1.29 is 24.0 Å². The number of nitrogens with zero attached hydrogens (tertiary/aromatic N) is 7. The van der Waals surface area contributed by atoms with E-state index in [1.807, 2.05) is 0 Å². The maximum atomic E-state index is 11.1. The molecule has 0 saturated heterocycles. The summed E-state index contributed by atoms with van der Waals surface area (Å²) in [5, 5.41) is 16.8. The molecule has 0 fully saturated rings. The van der Waals surface area contributed by atoms with Gasteiger partial charge in [-0.3, -0.25) is 19.7 Å². The van der Waals surface area contributed by atoms with Crippen molar-refractivity contribution in [1.29, 1.82) is 0 Å². The van der Waals surface area contributed by atoms with Gasteiger partial charge in [0.2, 0.25) is 0 Å². The monoisotopic (exact) mass is 301 g/mol. The number of carbonyl (C=O) groups is 2. The van der Waals surface area contributed by atoms with Gasteiger partial charge in [0.25, 0.3) is 5.54 Å². The molecule has 0 aliphatic carbocycles. The minimum atomic E-state index is -1.88. The fraction of sp³-hybridized carbons (Fsp3) is 0.750. The molecule has 0 radical (unpaired) electrons. The van der Waals surface area contributed by atoms with E-state index in [9.17, 15) is 19.7 Å². The lowest BCUT2D eigenvalue weighted by Gasteiger charge is -2.20. The SMILES string of the molecule is CC(COC(=O)CN=[N+]=[N-])(COC(=O)CN=[N+]=[N-])[N+](=O)[O-]. The molecule has 13 nitrogen and oxygen atoms in total. The Hall–Kier alpha value is -3.04. The summed E-state index contributed by atoms with van der Waals surface area (Å²) in [6.45, 7) is -1.50. The molecule has 0 aromatic rings. The van der Waals surface area contributed by atoms with Gasteiger partial charge in [-0.2, -0.15) is 0 Å². The van der Waals surface area contributed by atoms with E-state index >= 15 is 0 Å². The first-order valence-electron chi connectivity index (χ1n) is 5.33. The Morgan fingerprint density at radius 3 is 1.81 bits per heavy atom. The molecule has 114 valence electrons. The highest BCUT2D eigenvalue weighted by Gasteiger charge is 2.40. The Balaban J connectivity index is 4.52. The van der Waals surface area contributed by atoms with Crippen molar-refractivity contribution in [2.24, 2.45) is 10.2 Å². The van der Waals surface area contributed by atoms with Gasteiger partial charge in [0.1, 0.15) is 13.1 Å². The Kier molecular flexibility index (Phi) is 7.66. The van der Waals surface area contributed by atoms with Crippen LogP contribution in [0.5, 0.6) is 0 Å². The summed E-state index contributed by atoms with van der Waals surface area (Å²) in [6.07, 6.45) is 0. The maximum absolute atomic E-state index is 11.1. The zero-order valence-corrected chi connectivity index (χ0v) is 10.9. The second kappa shape index (κ2) is 8.96. The second-order valence-electron chi connectivity index (χ2n) is 3.85. The summed E-state index contributed by atoms with van der Waals surface area (Å²) >= 11 is 0. The molecular formula is C8H11N7O6. The van der Waals surface area contributed by atoms with Crippen LogP contribution in [-0.4, -0.2) is 48.7 Å². The Morgan fingerprint density at radius 1 is 1.14 bits per heavy atom. The first kappa shape index (κ1) is 18.0. The summed E-state index contributed by atoms with van der Waals surface area (Å²) in [4.78, 5) is 37.0. The van der Waals surface area contributed by atoms with Crippen molar-refractivity contribution in [3.05, 3.63) is 31.0 Å². The van der Waals surface area contributed by atoms with E-state index < -0.39 is 48.7 Å². The molecule has 0 rings (SSSR count). The number of azide groups is 2. The molecule has 0 amide bonds. The minimum Gasteiger partial charge on any atom is -0.458 e. The van der Waals surface area contributed by atoms with E-state index in [1.54, 1.807) is 0 Å². The molecular weight excluding hydrogens is 290 g/mol. The van der Waals surface area contributed by atoms with Crippen molar-refractivity contribution in [3.8, 4) is 0 Å². The zero-order valence-electron chi connectivity index (χ0n) is 10.9. The van der Waals surface area contributed by atoms with Gasteiger partial charge in [-0.15, -0.1) is 0 Å². The van der Waals surface area contributed by atoms with Crippen molar-refractivity contribution in [2.45, 2.75) is 12.5 Å². The number of hydrogen-bond donors (Lipinski definition) is 0. The number of carbonyl (C=O) groups excluding carboxylic acids is 2. The standard InChI is InChI=1S/C8H11N7O6/c1-8(15(18)19,4-20-6(16)2-11-13-9)5-21-7(17)3-12-14-10/h2-5H2,1H3. The Labute approximate surface area is 117 Å². The average Bonchev–Trinajstić information content (AvgIpc) is 2.46. The second-order valence-corrected chi connectivity index (χ2v) is 3.85. The van der Waals surface area contributed by atoms with Gasteiger partial charge in [-0.1, -0.05) is 10.2 Å². The lowest BCUT2D eigenvalue weighted by Crippen LogP contribution is -2.45. The van der Waals surface area contributed by atoms with Crippen LogP contribution >= 0.6 is 0 Å². The van der Waals surface area contributed by atoms with Crippen molar-refractivity contribution in [2.75, 3.05) is 26.3 Å². The minimum absolute atomic E-state index is 0.610. The van der Waals surface area contributed by atoms with E-state index in [4.69, 9.17) is 11.1 Å². The van der Waals surface area contributed by atoms with Crippen LogP contribution in [0, 0.1) is 10.1 Å². The number of esters is 2. The third kappa shape index (κ3) is 7.20. The summed E-state index contributed by atoms with van der Waals surface area (Å²) < 4.78 is 9.13. The molecule has 0 N–H and O–H groups in total. The van der Waals surface area contributed by atoms with Crippen LogP contribution < -0.4 is 0 Å². The lowest BCUT2D eigenvalue weighted by atomic mass is 10.1. The molecule has 0 saturated carbocycles. The van der Waals surface area contributed by atoms with E-state index in [-0.39, 0.29) is 0 Å². The van der Waals surface area contributed by atoms with E-state index in [0.29, 0.717) is 0 Å². The Morgan fingerprint density at radius 2 is 1.52 bits per heavy atom. The van der Waals surface area contributed by atoms with Crippen LogP contribution in [0.25, 0.3) is 20.9 Å². The van der Waals surface area contributed by atoms with E-state index in [0.717, 1.165) is 6.92 Å². The molecule has 0 aromatic carbocycles. The van der Waals surface area contributed by atoms with Crippen molar-refractivity contribution in [1.82, 2.24) is 0 Å². The van der Waals surface area contributed by atoms with Gasteiger partial charge in [0.15, 0.2) is 13.2 Å². The zero-order chi connectivity index (χ0) is 16.3. The predicted octanol–water partition coefficient (Wildman–Crippen LogP) is 0.729. The molecule has 0 heterocycles. The molecule has 0 aliphatic rings. The fourth-order valence-electron chi connectivity index (χ4n) is 0.889. The first-order chi connectivity index (χ1) is 9.85. The lowest BCUT2D eigenvalue weighted by molar-refractivity contribution is -0.571. The molecule has 0 aliphatic heterocycles. The average molecular weight is 301 g/mol. The van der Waals surface area contributed by atoms with E-state index in [1.165, 1.54) is 0 Å². The normalized spacial score (nSPS) is 12.0. The topological polar surface area (TPSA) is 193 Å². The van der Waals surface area contributed by atoms with Gasteiger partial charge in [-0.25, -0.2) is 0 Å². The number of rotatable bonds is 9. The summed E-state index contributed by atoms with van der Waals surface area (Å²) in [7, 11) is 0. The van der Waals surface area contributed by atoms with Gasteiger partial charge >= 0.3 is 11.9 Å². The number of nitro groups is 1. The van der Waals surface area contributed by atoms with E-state index in [2.05, 4.69) is 29.5 Å². The number of ether oxygens (including phenoxy) is 2. The highest BCUT2D eigenvalue weighted by molar-refractivity contribution is 5.72. The molecule has 13 heteroatoms. The third-order valence-corrected chi connectivity index (χ3v) is 2.06. The number of hydrogen-bond acceptors (Lipinski definition) is 8. The molecule has 0 atom stereocenters. The molecule has 0 unspecified atom stereocenters. The third-order valence-electron chi connectivity index (χ3n) is 2.06. The largest absolute Gasteiger partial charge is 0.458 e. The highest BCUT2D eigenvalue weighted by Crippen LogP contribution is 2.11. The fourth-order valence-corrected chi connectivity index (χ4v) is 0.889. The quantitative estimate of drug-likeness (QED) is 0.150. The van der Waals surface area contributed by atoms with Gasteiger partial charge in [0, 0.05) is 21.7 Å². The van der Waals surface area contributed by atoms with Crippen molar-refractivity contribution in [3.63, 3.8) is 0 Å². The molecule has 21 heavy (non-hydrogen) atoms. The summed E-state index contributed by atoms with van der Waals surface area (Å²) in [6, 6.07) is 0. The summed E-state index contributed by atoms with van der Waals surface area (Å²) in [5.41, 5.74) is 14.1. The van der Waals surface area contributed by atoms with Gasteiger partial charge in [0.05, 0.1) is 0 Å². The van der Waals surface area contributed by atoms with Crippen LogP contribution in [0.3, 0.4) is 0 Å². The molecule has 0 bridgehead atoms.